The maximum Gasteiger partial charge on any atom is 0.308 e. The molecule has 0 spiro atoms. The lowest BCUT2D eigenvalue weighted by Gasteiger charge is -2.17. The highest BCUT2D eigenvalue weighted by Crippen LogP contribution is 2.38. The van der Waals surface area contributed by atoms with Gasteiger partial charge in [0.1, 0.15) is 11.5 Å². The van der Waals surface area contributed by atoms with E-state index in [1.54, 1.807) is 12.1 Å². The minimum absolute atomic E-state index is 0.0203. The summed E-state index contributed by atoms with van der Waals surface area (Å²) in [7, 11) is 0. The van der Waals surface area contributed by atoms with Crippen LogP contribution in [0.5, 0.6) is 11.5 Å². The molecular formula is C22H24O4. The van der Waals surface area contributed by atoms with Gasteiger partial charge in [0.25, 0.3) is 0 Å². The van der Waals surface area contributed by atoms with Crippen LogP contribution in [0.3, 0.4) is 0 Å². The summed E-state index contributed by atoms with van der Waals surface area (Å²) >= 11 is 0. The Morgan fingerprint density at radius 1 is 0.885 bits per heavy atom. The summed E-state index contributed by atoms with van der Waals surface area (Å²) in [6, 6.07) is 13.6. The summed E-state index contributed by atoms with van der Waals surface area (Å²) in [5, 5.41) is 0. The van der Waals surface area contributed by atoms with Crippen LogP contribution in [-0.4, -0.2) is 11.9 Å². The Bertz CT molecular complexity index is 795. The quantitative estimate of drug-likeness (QED) is 0.420. The van der Waals surface area contributed by atoms with E-state index in [1.807, 2.05) is 57.2 Å². The SMILES string of the molecule is CC(=O)Oc1cc(C=C(C)c2ccccc2)cc(OC(C)=O)c1C(C)C. The molecule has 0 aliphatic heterocycles. The van der Waals surface area contributed by atoms with Crippen molar-refractivity contribution in [1.29, 1.82) is 0 Å². The Balaban J connectivity index is 2.59. The topological polar surface area (TPSA) is 52.6 Å². The molecule has 0 atom stereocenters. The Morgan fingerprint density at radius 2 is 1.38 bits per heavy atom. The molecule has 2 aromatic rings. The van der Waals surface area contributed by atoms with Gasteiger partial charge in [0.2, 0.25) is 0 Å². The lowest BCUT2D eigenvalue weighted by molar-refractivity contribution is -0.132. The van der Waals surface area contributed by atoms with Crippen LogP contribution in [0.1, 0.15) is 57.2 Å². The number of carbonyl (C=O) groups excluding carboxylic acids is 2. The third kappa shape index (κ3) is 5.06. The molecule has 2 aromatic carbocycles. The summed E-state index contributed by atoms with van der Waals surface area (Å²) in [6.45, 7) is 8.63. The van der Waals surface area contributed by atoms with Gasteiger partial charge in [-0.05, 0) is 41.7 Å². The van der Waals surface area contributed by atoms with E-state index in [9.17, 15) is 9.59 Å². The number of hydrogen-bond donors (Lipinski definition) is 0. The molecule has 2 rings (SSSR count). The highest BCUT2D eigenvalue weighted by atomic mass is 16.5. The Labute approximate surface area is 154 Å². The van der Waals surface area contributed by atoms with Crippen molar-refractivity contribution in [3.05, 3.63) is 59.2 Å². The number of allylic oxidation sites excluding steroid dienone is 1. The second kappa shape index (κ2) is 8.48. The smallest absolute Gasteiger partial charge is 0.308 e. The maximum absolute atomic E-state index is 11.5. The zero-order chi connectivity index (χ0) is 19.3. The second-order valence-electron chi connectivity index (χ2n) is 6.47. The Hall–Kier alpha value is -2.88. The van der Waals surface area contributed by atoms with Crippen LogP contribution < -0.4 is 9.47 Å². The molecule has 0 saturated carbocycles. The van der Waals surface area contributed by atoms with E-state index in [-0.39, 0.29) is 5.92 Å². The van der Waals surface area contributed by atoms with E-state index < -0.39 is 11.9 Å². The number of carbonyl (C=O) groups is 2. The van der Waals surface area contributed by atoms with Gasteiger partial charge in [0.15, 0.2) is 0 Å². The van der Waals surface area contributed by atoms with Crippen LogP contribution in [0.4, 0.5) is 0 Å². The van der Waals surface area contributed by atoms with Crippen molar-refractivity contribution >= 4 is 23.6 Å². The summed E-state index contributed by atoms with van der Waals surface area (Å²) in [4.78, 5) is 23.1. The van der Waals surface area contributed by atoms with Crippen molar-refractivity contribution in [1.82, 2.24) is 0 Å². The molecule has 136 valence electrons. The average Bonchev–Trinajstić information content (AvgIpc) is 2.53. The molecule has 0 radical (unpaired) electrons. The predicted octanol–water partition coefficient (Wildman–Crippen LogP) is 5.22. The lowest BCUT2D eigenvalue weighted by atomic mass is 9.97. The van der Waals surface area contributed by atoms with Gasteiger partial charge < -0.3 is 9.47 Å². The largest absolute Gasteiger partial charge is 0.426 e. The van der Waals surface area contributed by atoms with Crippen LogP contribution in [0.15, 0.2) is 42.5 Å². The number of esters is 2. The monoisotopic (exact) mass is 352 g/mol. The first-order valence-electron chi connectivity index (χ1n) is 8.56. The van der Waals surface area contributed by atoms with Crippen molar-refractivity contribution in [3.63, 3.8) is 0 Å². The van der Waals surface area contributed by atoms with Crippen molar-refractivity contribution in [2.24, 2.45) is 0 Å². The van der Waals surface area contributed by atoms with E-state index in [4.69, 9.17) is 9.47 Å². The normalized spacial score (nSPS) is 11.4. The molecule has 0 unspecified atom stereocenters. The minimum atomic E-state index is -0.415. The molecule has 4 nitrogen and oxygen atoms in total. The van der Waals surface area contributed by atoms with Crippen molar-refractivity contribution < 1.29 is 19.1 Å². The summed E-state index contributed by atoms with van der Waals surface area (Å²) in [5.74, 6) is 0.0202. The zero-order valence-corrected chi connectivity index (χ0v) is 15.8. The van der Waals surface area contributed by atoms with Gasteiger partial charge >= 0.3 is 11.9 Å². The van der Waals surface area contributed by atoms with Crippen molar-refractivity contribution in [3.8, 4) is 11.5 Å². The predicted molar refractivity (Wildman–Crippen MR) is 103 cm³/mol. The average molecular weight is 352 g/mol. The Kier molecular flexibility index (Phi) is 6.34. The molecule has 0 N–H and O–H groups in total. The van der Waals surface area contributed by atoms with Gasteiger partial charge in [0.05, 0.1) is 0 Å². The third-order valence-electron chi connectivity index (χ3n) is 3.82. The molecule has 0 saturated heterocycles. The van der Waals surface area contributed by atoms with Crippen LogP contribution in [0, 0.1) is 0 Å². The molecule has 26 heavy (non-hydrogen) atoms. The van der Waals surface area contributed by atoms with Gasteiger partial charge in [-0.3, -0.25) is 9.59 Å². The minimum Gasteiger partial charge on any atom is -0.426 e. The van der Waals surface area contributed by atoms with Crippen LogP contribution >= 0.6 is 0 Å². The second-order valence-corrected chi connectivity index (χ2v) is 6.47. The molecule has 0 aliphatic rings. The van der Waals surface area contributed by atoms with E-state index in [1.165, 1.54) is 13.8 Å². The summed E-state index contributed by atoms with van der Waals surface area (Å²) in [6.07, 6.45) is 1.97. The van der Waals surface area contributed by atoms with Crippen LogP contribution in [-0.2, 0) is 9.59 Å². The fourth-order valence-electron chi connectivity index (χ4n) is 2.79. The molecule has 0 aromatic heterocycles. The zero-order valence-electron chi connectivity index (χ0n) is 15.8. The van der Waals surface area contributed by atoms with E-state index >= 15 is 0 Å². The van der Waals surface area contributed by atoms with Crippen molar-refractivity contribution in [2.45, 2.75) is 40.5 Å². The number of rotatable bonds is 5. The van der Waals surface area contributed by atoms with E-state index in [2.05, 4.69) is 0 Å². The first-order chi connectivity index (χ1) is 12.3. The first-order valence-corrected chi connectivity index (χ1v) is 8.56. The summed E-state index contributed by atoms with van der Waals surface area (Å²) in [5.41, 5.74) is 3.63. The molecule has 0 fully saturated rings. The van der Waals surface area contributed by atoms with E-state index in [0.29, 0.717) is 17.1 Å². The fraction of sp³-hybridized carbons (Fsp3) is 0.273. The van der Waals surface area contributed by atoms with Gasteiger partial charge in [0, 0.05) is 19.4 Å². The maximum atomic E-state index is 11.5. The van der Waals surface area contributed by atoms with Gasteiger partial charge in [-0.15, -0.1) is 0 Å². The molecule has 4 heteroatoms. The molecule has 0 amide bonds. The van der Waals surface area contributed by atoms with Crippen LogP contribution in [0.2, 0.25) is 0 Å². The van der Waals surface area contributed by atoms with E-state index in [0.717, 1.165) is 16.7 Å². The lowest BCUT2D eigenvalue weighted by Crippen LogP contribution is -2.09. The molecule has 0 aliphatic carbocycles. The molecule has 0 bridgehead atoms. The fourth-order valence-corrected chi connectivity index (χ4v) is 2.79. The summed E-state index contributed by atoms with van der Waals surface area (Å²) < 4.78 is 10.8. The van der Waals surface area contributed by atoms with Crippen LogP contribution in [0.25, 0.3) is 11.6 Å². The van der Waals surface area contributed by atoms with Crippen molar-refractivity contribution in [2.75, 3.05) is 0 Å². The standard InChI is InChI=1S/C22H24O4/c1-14(2)22-20(25-16(4)23)12-18(13-21(22)26-17(5)24)11-15(3)19-9-7-6-8-10-19/h6-14H,1-5H3. The van der Waals surface area contributed by atoms with Gasteiger partial charge in [-0.25, -0.2) is 0 Å². The van der Waals surface area contributed by atoms with Gasteiger partial charge in [-0.2, -0.15) is 0 Å². The Morgan fingerprint density at radius 3 is 1.81 bits per heavy atom. The molecule has 0 heterocycles. The third-order valence-corrected chi connectivity index (χ3v) is 3.82. The highest BCUT2D eigenvalue weighted by Gasteiger charge is 2.19. The first kappa shape index (κ1) is 19.4. The molecular weight excluding hydrogens is 328 g/mol. The number of ether oxygens (including phenoxy) is 2. The van der Waals surface area contributed by atoms with Gasteiger partial charge in [-0.1, -0.05) is 50.3 Å². The highest BCUT2D eigenvalue weighted by molar-refractivity contribution is 5.82. The number of benzene rings is 2. The number of hydrogen-bond acceptors (Lipinski definition) is 4.